The quantitative estimate of drug-likeness (QED) is 0.0413. The Bertz CT molecular complexity index is 507. The molecule has 0 unspecified atom stereocenters. The van der Waals surface area contributed by atoms with E-state index in [1.165, 1.54) is 212 Å². The minimum absolute atomic E-state index is 1.00. The zero-order chi connectivity index (χ0) is 29.7. The molecule has 0 aliphatic heterocycles. The molecule has 0 saturated heterocycles. The van der Waals surface area contributed by atoms with E-state index in [1.54, 1.807) is 0 Å². The van der Waals surface area contributed by atoms with E-state index < -0.39 is 0 Å². The Morgan fingerprint density at radius 2 is 0.585 bits per heavy atom. The molecule has 0 radical (unpaired) electrons. The predicted molar refractivity (Wildman–Crippen MR) is 187 cm³/mol. The molecule has 0 saturated carbocycles. The van der Waals surface area contributed by atoms with Crippen LogP contribution in [0.25, 0.3) is 0 Å². The molecule has 0 aromatic carbocycles. The minimum Gasteiger partial charge on any atom is -0.298 e. The Labute approximate surface area is 260 Å². The van der Waals surface area contributed by atoms with Crippen LogP contribution in [0.5, 0.6) is 0 Å². The summed E-state index contributed by atoms with van der Waals surface area (Å²) in [5.74, 6) is 0. The fourth-order valence-corrected chi connectivity index (χ4v) is 6.24. The maximum Gasteiger partial charge on any atom is 0.145 e. The Balaban J connectivity index is 3.32. The highest BCUT2D eigenvalue weighted by atomic mass is 16.1. The summed E-state index contributed by atoms with van der Waals surface area (Å²) in [6.45, 7) is 4.59. The first kappa shape index (κ1) is 40.4. The number of aldehydes is 1. The standard InChI is InChI=1S/C40H78O/c1-3-5-7-9-11-13-15-17-19-21-22-24-26-28-30-32-34-36-38-40(39-41)37-35-33-31-29-27-25-23-20-18-16-14-12-10-8-6-4-2/h38-39H,3-37H2,1-2H3/b40-38+. The molecule has 0 amide bonds. The molecule has 0 aliphatic carbocycles. The maximum absolute atomic E-state index is 11.4. The molecule has 0 heterocycles. The van der Waals surface area contributed by atoms with Gasteiger partial charge in [0.05, 0.1) is 0 Å². The van der Waals surface area contributed by atoms with Crippen LogP contribution in [-0.2, 0) is 4.79 Å². The van der Waals surface area contributed by atoms with Gasteiger partial charge in [-0.25, -0.2) is 0 Å². The second-order valence-electron chi connectivity index (χ2n) is 13.4. The molecule has 41 heavy (non-hydrogen) atoms. The minimum atomic E-state index is 1.00. The second-order valence-corrected chi connectivity index (χ2v) is 13.4. The highest BCUT2D eigenvalue weighted by Crippen LogP contribution is 2.17. The summed E-state index contributed by atoms with van der Waals surface area (Å²) in [7, 11) is 0. The summed E-state index contributed by atoms with van der Waals surface area (Å²) in [4.78, 5) is 11.4. The van der Waals surface area contributed by atoms with Crippen molar-refractivity contribution in [1.82, 2.24) is 0 Å². The molecule has 0 aromatic rings. The van der Waals surface area contributed by atoms with Gasteiger partial charge >= 0.3 is 0 Å². The molecule has 0 atom stereocenters. The Morgan fingerprint density at radius 1 is 0.341 bits per heavy atom. The number of carbonyl (C=O) groups excluding carboxylic acids is 1. The molecule has 0 N–H and O–H groups in total. The number of hydrogen-bond donors (Lipinski definition) is 0. The lowest BCUT2D eigenvalue weighted by molar-refractivity contribution is -0.105. The molecule has 0 aliphatic rings. The Kier molecular flexibility index (Phi) is 36.9. The van der Waals surface area contributed by atoms with Crippen molar-refractivity contribution in [3.63, 3.8) is 0 Å². The van der Waals surface area contributed by atoms with Gasteiger partial charge in [0, 0.05) is 0 Å². The fraction of sp³-hybridized carbons (Fsp3) is 0.925. The van der Waals surface area contributed by atoms with Crippen molar-refractivity contribution in [3.8, 4) is 0 Å². The van der Waals surface area contributed by atoms with E-state index in [9.17, 15) is 4.79 Å². The summed E-state index contributed by atoms with van der Waals surface area (Å²) in [5.41, 5.74) is 1.06. The van der Waals surface area contributed by atoms with Gasteiger partial charge in [-0.2, -0.15) is 0 Å². The normalized spacial score (nSPS) is 11.9. The smallest absolute Gasteiger partial charge is 0.145 e. The van der Waals surface area contributed by atoms with Crippen molar-refractivity contribution >= 4 is 6.29 Å². The third-order valence-corrected chi connectivity index (χ3v) is 9.18. The second kappa shape index (κ2) is 37.4. The van der Waals surface area contributed by atoms with Crippen molar-refractivity contribution in [2.45, 2.75) is 239 Å². The summed E-state index contributed by atoms with van der Waals surface area (Å²) in [6.07, 6.45) is 52.1. The zero-order valence-electron chi connectivity index (χ0n) is 28.8. The summed E-state index contributed by atoms with van der Waals surface area (Å²) in [5, 5.41) is 0. The molecule has 0 rings (SSSR count). The van der Waals surface area contributed by atoms with Crippen LogP contribution in [0.3, 0.4) is 0 Å². The topological polar surface area (TPSA) is 17.1 Å². The number of carbonyl (C=O) groups is 1. The molecule has 244 valence electrons. The lowest BCUT2D eigenvalue weighted by atomic mass is 10.0. The van der Waals surface area contributed by atoms with Gasteiger partial charge < -0.3 is 0 Å². The van der Waals surface area contributed by atoms with Crippen LogP contribution in [0.15, 0.2) is 11.6 Å². The predicted octanol–water partition coefficient (Wildman–Crippen LogP) is 14.8. The van der Waals surface area contributed by atoms with Crippen LogP contribution in [0, 0.1) is 0 Å². The van der Waals surface area contributed by atoms with Gasteiger partial charge in [-0.1, -0.05) is 219 Å². The number of unbranched alkanes of at least 4 members (excludes halogenated alkanes) is 32. The van der Waals surface area contributed by atoms with Crippen LogP contribution < -0.4 is 0 Å². The van der Waals surface area contributed by atoms with E-state index in [0.717, 1.165) is 24.7 Å². The van der Waals surface area contributed by atoms with Gasteiger partial charge in [-0.3, -0.25) is 4.79 Å². The molecular formula is C40H78O. The zero-order valence-corrected chi connectivity index (χ0v) is 28.8. The van der Waals surface area contributed by atoms with E-state index in [4.69, 9.17) is 0 Å². The average Bonchev–Trinajstić information content (AvgIpc) is 2.99. The molecule has 1 heteroatoms. The van der Waals surface area contributed by atoms with E-state index in [0.29, 0.717) is 0 Å². The van der Waals surface area contributed by atoms with Gasteiger partial charge in [0.25, 0.3) is 0 Å². The largest absolute Gasteiger partial charge is 0.298 e. The molecule has 0 spiro atoms. The average molecular weight is 575 g/mol. The van der Waals surface area contributed by atoms with E-state index in [-0.39, 0.29) is 0 Å². The van der Waals surface area contributed by atoms with E-state index >= 15 is 0 Å². The van der Waals surface area contributed by atoms with Crippen LogP contribution in [0.4, 0.5) is 0 Å². The van der Waals surface area contributed by atoms with Crippen LogP contribution in [0.2, 0.25) is 0 Å². The van der Waals surface area contributed by atoms with Gasteiger partial charge in [0.15, 0.2) is 0 Å². The Hall–Kier alpha value is -0.590. The first-order valence-corrected chi connectivity index (χ1v) is 19.5. The van der Waals surface area contributed by atoms with Crippen LogP contribution in [0.1, 0.15) is 239 Å². The molecule has 0 fully saturated rings. The van der Waals surface area contributed by atoms with Gasteiger partial charge in [0.1, 0.15) is 6.29 Å². The van der Waals surface area contributed by atoms with Crippen molar-refractivity contribution in [1.29, 1.82) is 0 Å². The van der Waals surface area contributed by atoms with Gasteiger partial charge in [0.2, 0.25) is 0 Å². The van der Waals surface area contributed by atoms with E-state index in [1.807, 2.05) is 0 Å². The summed E-state index contributed by atoms with van der Waals surface area (Å²) in [6, 6.07) is 0. The molecule has 0 bridgehead atoms. The SMILES string of the molecule is CCCCCCCCCCCCCCCCCCC/C=C(/C=O)CCCCCCCCCCCCCCCCCC. The van der Waals surface area contributed by atoms with Gasteiger partial charge in [-0.15, -0.1) is 0 Å². The van der Waals surface area contributed by atoms with Crippen molar-refractivity contribution < 1.29 is 4.79 Å². The Morgan fingerprint density at radius 3 is 0.854 bits per heavy atom. The molecule has 1 nitrogen and oxygen atoms in total. The third-order valence-electron chi connectivity index (χ3n) is 9.18. The van der Waals surface area contributed by atoms with Crippen molar-refractivity contribution in [2.75, 3.05) is 0 Å². The number of hydrogen-bond acceptors (Lipinski definition) is 1. The number of allylic oxidation sites excluding steroid dienone is 2. The van der Waals surface area contributed by atoms with Crippen LogP contribution in [-0.4, -0.2) is 6.29 Å². The molecular weight excluding hydrogens is 496 g/mol. The lowest BCUT2D eigenvalue weighted by Crippen LogP contribution is -1.88. The van der Waals surface area contributed by atoms with E-state index in [2.05, 4.69) is 19.9 Å². The van der Waals surface area contributed by atoms with Crippen molar-refractivity contribution in [3.05, 3.63) is 11.6 Å². The first-order valence-electron chi connectivity index (χ1n) is 19.5. The van der Waals surface area contributed by atoms with Crippen molar-refractivity contribution in [2.24, 2.45) is 0 Å². The summed E-state index contributed by atoms with van der Waals surface area (Å²) >= 11 is 0. The lowest BCUT2D eigenvalue weighted by Gasteiger charge is -2.04. The highest BCUT2D eigenvalue weighted by Gasteiger charge is 1.99. The third kappa shape index (κ3) is 35.5. The fourth-order valence-electron chi connectivity index (χ4n) is 6.24. The first-order chi connectivity index (χ1) is 20.3. The summed E-state index contributed by atoms with van der Waals surface area (Å²) < 4.78 is 0. The van der Waals surface area contributed by atoms with Crippen LogP contribution >= 0.6 is 0 Å². The molecule has 0 aromatic heterocycles. The highest BCUT2D eigenvalue weighted by molar-refractivity contribution is 5.72. The van der Waals surface area contributed by atoms with Gasteiger partial charge in [-0.05, 0) is 31.3 Å². The number of rotatable bonds is 36. The monoisotopic (exact) mass is 575 g/mol. The maximum atomic E-state index is 11.4.